The maximum absolute atomic E-state index is 10.3. The van der Waals surface area contributed by atoms with Crippen LogP contribution < -0.4 is 9.47 Å². The van der Waals surface area contributed by atoms with E-state index in [-0.39, 0.29) is 5.88 Å². The first-order chi connectivity index (χ1) is 16.5. The van der Waals surface area contributed by atoms with Crippen molar-refractivity contribution in [2.24, 2.45) is 0 Å². The normalized spacial score (nSPS) is 24.7. The maximum atomic E-state index is 10.3. The van der Waals surface area contributed by atoms with Crippen LogP contribution in [-0.2, 0) is 24.2 Å². The molecule has 2 heterocycles. The first kappa shape index (κ1) is 24.2. The van der Waals surface area contributed by atoms with Crippen molar-refractivity contribution in [3.05, 3.63) is 77.0 Å². The molecule has 1 fully saturated rings. The molecule has 5 N–H and O–H groups in total. The molecule has 0 spiro atoms. The molecule has 2 aromatic carbocycles. The Morgan fingerprint density at radius 1 is 0.971 bits per heavy atom. The number of hydrogen-bond acceptors (Lipinski definition) is 8. The molecular formula is C25H30N2O7. The van der Waals surface area contributed by atoms with Crippen LogP contribution in [0.15, 0.2) is 54.6 Å². The van der Waals surface area contributed by atoms with Crippen molar-refractivity contribution in [1.29, 1.82) is 0 Å². The summed E-state index contributed by atoms with van der Waals surface area (Å²) in [5, 5.41) is 47.1. The lowest BCUT2D eigenvalue weighted by atomic mass is 9.99. The van der Waals surface area contributed by atoms with Crippen molar-refractivity contribution in [2.45, 2.75) is 57.1 Å². The van der Waals surface area contributed by atoms with Crippen LogP contribution in [-0.4, -0.2) is 67.9 Å². The summed E-state index contributed by atoms with van der Waals surface area (Å²) in [6.07, 6.45) is -5.79. The van der Waals surface area contributed by atoms with Crippen molar-refractivity contribution >= 4 is 0 Å². The van der Waals surface area contributed by atoms with E-state index in [9.17, 15) is 20.4 Å². The first-order valence-electron chi connectivity index (χ1n) is 11.3. The van der Waals surface area contributed by atoms with Gasteiger partial charge in [0.1, 0.15) is 36.8 Å². The minimum absolute atomic E-state index is 0.207. The van der Waals surface area contributed by atoms with Gasteiger partial charge in [-0.25, -0.2) is 0 Å². The van der Waals surface area contributed by atoms with Crippen LogP contribution >= 0.6 is 0 Å². The Hall–Kier alpha value is -2.95. The number of aryl methyl sites for hydroxylation is 1. The van der Waals surface area contributed by atoms with Gasteiger partial charge in [0.05, 0.1) is 6.61 Å². The number of rotatable bonds is 9. The summed E-state index contributed by atoms with van der Waals surface area (Å²) >= 11 is 0. The molecular weight excluding hydrogens is 440 g/mol. The van der Waals surface area contributed by atoms with Gasteiger partial charge in [-0.1, -0.05) is 55.5 Å². The Morgan fingerprint density at radius 3 is 2.44 bits per heavy atom. The van der Waals surface area contributed by atoms with E-state index in [1.165, 1.54) is 0 Å². The summed E-state index contributed by atoms with van der Waals surface area (Å²) < 4.78 is 17.4. The summed E-state index contributed by atoms with van der Waals surface area (Å²) in [6, 6.07) is 17.6. The van der Waals surface area contributed by atoms with Crippen molar-refractivity contribution in [2.75, 3.05) is 6.61 Å². The predicted octanol–water partition coefficient (Wildman–Crippen LogP) is 1.32. The number of nitrogens with one attached hydrogen (secondary N) is 1. The van der Waals surface area contributed by atoms with Gasteiger partial charge in [0, 0.05) is 17.7 Å². The number of nitrogens with zero attached hydrogens (tertiary/aromatic N) is 1. The van der Waals surface area contributed by atoms with Gasteiger partial charge in [0.2, 0.25) is 12.2 Å². The number of aromatic amines is 1. The Balaban J connectivity index is 1.54. The number of H-pyrrole nitrogens is 1. The van der Waals surface area contributed by atoms with Gasteiger partial charge in [0.15, 0.2) is 0 Å². The van der Waals surface area contributed by atoms with Gasteiger partial charge in [0.25, 0.3) is 0 Å². The molecule has 0 saturated carbocycles. The van der Waals surface area contributed by atoms with E-state index in [1.54, 1.807) is 0 Å². The molecule has 1 aliphatic heterocycles. The number of para-hydroxylation sites is 1. The fourth-order valence-electron chi connectivity index (χ4n) is 3.95. The molecule has 9 nitrogen and oxygen atoms in total. The molecule has 3 aromatic rings. The highest BCUT2D eigenvalue weighted by atomic mass is 16.7. The SMILES string of the molecule is CCc1[nH]nc(OC2O[C@H](CO)[C@@H](O)[C@H](O)[C@H]2O)c1Cc1ccccc1OCc1ccccc1. The molecule has 0 bridgehead atoms. The third kappa shape index (κ3) is 5.24. The fraction of sp³-hybridized carbons (Fsp3) is 0.400. The number of aliphatic hydroxyl groups excluding tert-OH is 4. The van der Waals surface area contributed by atoms with Crippen LogP contribution in [0, 0.1) is 0 Å². The van der Waals surface area contributed by atoms with E-state index in [2.05, 4.69) is 10.2 Å². The molecule has 4 rings (SSSR count). The fourth-order valence-corrected chi connectivity index (χ4v) is 3.95. The minimum Gasteiger partial charge on any atom is -0.489 e. The molecule has 0 radical (unpaired) electrons. The lowest BCUT2D eigenvalue weighted by molar-refractivity contribution is -0.278. The molecule has 9 heteroatoms. The van der Waals surface area contributed by atoms with E-state index in [1.807, 2.05) is 61.5 Å². The molecule has 5 atom stereocenters. The third-order valence-electron chi connectivity index (χ3n) is 5.92. The van der Waals surface area contributed by atoms with E-state index in [4.69, 9.17) is 14.2 Å². The Kier molecular flexibility index (Phi) is 7.81. The summed E-state index contributed by atoms with van der Waals surface area (Å²) in [5.41, 5.74) is 3.59. The van der Waals surface area contributed by atoms with Crippen molar-refractivity contribution in [3.63, 3.8) is 0 Å². The van der Waals surface area contributed by atoms with Gasteiger partial charge >= 0.3 is 0 Å². The van der Waals surface area contributed by atoms with E-state index in [0.717, 1.165) is 28.1 Å². The number of hydrogen-bond donors (Lipinski definition) is 5. The predicted molar refractivity (Wildman–Crippen MR) is 122 cm³/mol. The lowest BCUT2D eigenvalue weighted by Gasteiger charge is -2.39. The highest BCUT2D eigenvalue weighted by Crippen LogP contribution is 2.31. The standard InChI is InChI=1S/C25H30N2O7/c1-2-18-17(12-16-10-6-7-11-19(16)32-14-15-8-4-3-5-9-15)24(27-26-18)34-25-23(31)22(30)21(29)20(13-28)33-25/h3-11,20-23,25,28-31H,2,12-14H2,1H3,(H,26,27)/t20-,21-,22+,23-,25?/m1/s1. The average molecular weight is 471 g/mol. The number of aliphatic hydroxyl groups is 4. The molecule has 1 aliphatic rings. The van der Waals surface area contributed by atoms with Gasteiger partial charge in [-0.05, 0) is 23.6 Å². The van der Waals surface area contributed by atoms with Crippen LogP contribution in [0.4, 0.5) is 0 Å². The van der Waals surface area contributed by atoms with Crippen LogP contribution in [0.5, 0.6) is 11.6 Å². The largest absolute Gasteiger partial charge is 0.489 e. The Morgan fingerprint density at radius 2 is 1.71 bits per heavy atom. The van der Waals surface area contributed by atoms with Crippen LogP contribution in [0.25, 0.3) is 0 Å². The second-order valence-electron chi connectivity index (χ2n) is 8.21. The van der Waals surface area contributed by atoms with Gasteiger partial charge in [-0.3, -0.25) is 5.10 Å². The summed E-state index contributed by atoms with van der Waals surface area (Å²) in [7, 11) is 0. The molecule has 182 valence electrons. The monoisotopic (exact) mass is 470 g/mol. The Bertz CT molecular complexity index is 1060. The molecule has 1 unspecified atom stereocenters. The van der Waals surface area contributed by atoms with Crippen LogP contribution in [0.3, 0.4) is 0 Å². The van der Waals surface area contributed by atoms with E-state index >= 15 is 0 Å². The second-order valence-corrected chi connectivity index (χ2v) is 8.21. The summed E-state index contributed by atoms with van der Waals surface area (Å²) in [5.74, 6) is 0.937. The zero-order valence-electron chi connectivity index (χ0n) is 18.9. The van der Waals surface area contributed by atoms with Crippen molar-refractivity contribution < 1.29 is 34.6 Å². The van der Waals surface area contributed by atoms with Crippen molar-refractivity contribution in [1.82, 2.24) is 10.2 Å². The first-order valence-corrected chi connectivity index (χ1v) is 11.3. The second kappa shape index (κ2) is 11.0. The third-order valence-corrected chi connectivity index (χ3v) is 5.92. The number of benzene rings is 2. The van der Waals surface area contributed by atoms with Crippen LogP contribution in [0.2, 0.25) is 0 Å². The topological polar surface area (TPSA) is 137 Å². The van der Waals surface area contributed by atoms with Crippen LogP contribution in [0.1, 0.15) is 29.3 Å². The molecule has 0 amide bonds. The zero-order valence-corrected chi connectivity index (χ0v) is 18.9. The summed E-state index contributed by atoms with van der Waals surface area (Å²) in [4.78, 5) is 0. The summed E-state index contributed by atoms with van der Waals surface area (Å²) in [6.45, 7) is 1.87. The average Bonchev–Trinajstić information content (AvgIpc) is 3.25. The molecule has 1 saturated heterocycles. The molecule has 0 aliphatic carbocycles. The van der Waals surface area contributed by atoms with Crippen molar-refractivity contribution in [3.8, 4) is 11.6 Å². The number of ether oxygens (including phenoxy) is 3. The highest BCUT2D eigenvalue weighted by molar-refractivity contribution is 5.42. The van der Waals surface area contributed by atoms with E-state index < -0.39 is 37.3 Å². The quantitative estimate of drug-likeness (QED) is 0.316. The van der Waals surface area contributed by atoms with Gasteiger partial charge < -0.3 is 34.6 Å². The smallest absolute Gasteiger partial charge is 0.238 e. The lowest BCUT2D eigenvalue weighted by Crippen LogP contribution is -2.60. The molecule has 1 aromatic heterocycles. The minimum atomic E-state index is -1.53. The van der Waals surface area contributed by atoms with Gasteiger partial charge in [-0.15, -0.1) is 5.10 Å². The molecule has 34 heavy (non-hydrogen) atoms. The highest BCUT2D eigenvalue weighted by Gasteiger charge is 2.45. The van der Waals surface area contributed by atoms with Gasteiger partial charge in [-0.2, -0.15) is 0 Å². The number of aromatic nitrogens is 2. The zero-order chi connectivity index (χ0) is 24.1. The Labute approximate surface area is 197 Å². The van der Waals surface area contributed by atoms with E-state index in [0.29, 0.717) is 19.4 Å². The maximum Gasteiger partial charge on any atom is 0.238 e.